The topological polar surface area (TPSA) is 54.6 Å². The monoisotopic (exact) mass is 239 g/mol. The van der Waals surface area contributed by atoms with E-state index < -0.39 is 6.10 Å². The predicted octanol–water partition coefficient (Wildman–Crippen LogP) is 1.55. The van der Waals surface area contributed by atoms with Crippen molar-refractivity contribution in [1.82, 2.24) is 5.32 Å². The molecule has 0 bridgehead atoms. The van der Waals surface area contributed by atoms with Crippen LogP contribution >= 0.6 is 0 Å². The number of furan rings is 1. The van der Waals surface area contributed by atoms with Gasteiger partial charge in [0.1, 0.15) is 12.4 Å². The Morgan fingerprint density at radius 1 is 1.53 bits per heavy atom. The fraction of sp³-hybridized carbons (Fsp3) is 0.692. The molecule has 2 N–H and O–H groups in total. The van der Waals surface area contributed by atoms with Crippen molar-refractivity contribution in [2.24, 2.45) is 5.92 Å². The fourth-order valence-electron chi connectivity index (χ4n) is 1.73. The lowest BCUT2D eigenvalue weighted by molar-refractivity contribution is 0.0227. The summed E-state index contributed by atoms with van der Waals surface area (Å²) in [4.78, 5) is 0. The number of hydrogen-bond acceptors (Lipinski definition) is 4. The lowest BCUT2D eigenvalue weighted by Crippen LogP contribution is -2.31. The van der Waals surface area contributed by atoms with Crippen LogP contribution in [0.2, 0.25) is 0 Å². The number of nitrogens with one attached hydrogen (secondary N) is 1. The van der Waals surface area contributed by atoms with Gasteiger partial charge in [0.15, 0.2) is 0 Å². The van der Waals surface area contributed by atoms with Crippen LogP contribution in [0.25, 0.3) is 0 Å². The molecular weight excluding hydrogens is 218 g/mol. The number of ether oxygens (including phenoxy) is 1. The van der Waals surface area contributed by atoms with Crippen LogP contribution in [-0.4, -0.2) is 30.9 Å². The van der Waals surface area contributed by atoms with Crippen LogP contribution in [0.3, 0.4) is 0 Å². The molecular formula is C13H21NO3. The molecule has 0 saturated heterocycles. The van der Waals surface area contributed by atoms with Gasteiger partial charge in [0.05, 0.1) is 19.0 Å². The van der Waals surface area contributed by atoms with Gasteiger partial charge in [-0.1, -0.05) is 12.8 Å². The highest BCUT2D eigenvalue weighted by Crippen LogP contribution is 2.31. The maximum absolute atomic E-state index is 9.64. The van der Waals surface area contributed by atoms with Gasteiger partial charge in [-0.2, -0.15) is 0 Å². The second-order valence-corrected chi connectivity index (χ2v) is 4.68. The average Bonchev–Trinajstić information content (AvgIpc) is 3.00. The minimum absolute atomic E-state index is 0.344. The van der Waals surface area contributed by atoms with Crippen molar-refractivity contribution in [1.29, 1.82) is 0 Å². The van der Waals surface area contributed by atoms with Crippen LogP contribution in [0.15, 0.2) is 22.8 Å². The summed E-state index contributed by atoms with van der Waals surface area (Å²) in [7, 11) is 0. The van der Waals surface area contributed by atoms with E-state index in [1.165, 1.54) is 19.3 Å². The molecule has 0 aromatic carbocycles. The first-order valence-corrected chi connectivity index (χ1v) is 6.33. The molecule has 4 heteroatoms. The van der Waals surface area contributed by atoms with Crippen LogP contribution in [0.5, 0.6) is 0 Å². The Morgan fingerprint density at radius 2 is 2.41 bits per heavy atom. The zero-order chi connectivity index (χ0) is 11.9. The molecule has 4 nitrogen and oxygen atoms in total. The minimum Gasteiger partial charge on any atom is -0.467 e. The van der Waals surface area contributed by atoms with Crippen LogP contribution in [0.1, 0.15) is 25.0 Å². The van der Waals surface area contributed by atoms with Gasteiger partial charge in [0.25, 0.3) is 0 Å². The van der Waals surface area contributed by atoms with Crippen molar-refractivity contribution in [3.8, 4) is 0 Å². The number of hydrogen-bond donors (Lipinski definition) is 2. The first-order chi connectivity index (χ1) is 8.34. The molecule has 1 aromatic heterocycles. The molecule has 1 atom stereocenters. The molecule has 96 valence electrons. The largest absolute Gasteiger partial charge is 0.467 e. The molecule has 1 saturated carbocycles. The van der Waals surface area contributed by atoms with Crippen molar-refractivity contribution in [3.05, 3.63) is 24.2 Å². The van der Waals surface area contributed by atoms with Gasteiger partial charge >= 0.3 is 0 Å². The van der Waals surface area contributed by atoms with Gasteiger partial charge in [-0.25, -0.2) is 0 Å². The Morgan fingerprint density at radius 3 is 3.12 bits per heavy atom. The predicted molar refractivity (Wildman–Crippen MR) is 64.6 cm³/mol. The van der Waals surface area contributed by atoms with Gasteiger partial charge in [-0.3, -0.25) is 0 Å². The Hall–Kier alpha value is -0.840. The summed E-state index contributed by atoms with van der Waals surface area (Å²) in [6, 6.07) is 3.69. The highest BCUT2D eigenvalue weighted by Gasteiger charge is 2.20. The Bertz CT molecular complexity index is 296. The molecule has 0 spiro atoms. The SMILES string of the molecule is OC(CNCCC1CC1)COCc1ccco1. The Balaban J connectivity index is 1.44. The second-order valence-electron chi connectivity index (χ2n) is 4.68. The normalized spacial score (nSPS) is 17.2. The summed E-state index contributed by atoms with van der Waals surface area (Å²) in [6.07, 6.45) is 5.19. The maximum Gasteiger partial charge on any atom is 0.129 e. The summed E-state index contributed by atoms with van der Waals surface area (Å²) in [6.45, 7) is 2.37. The minimum atomic E-state index is -0.441. The number of rotatable bonds is 9. The van der Waals surface area contributed by atoms with Gasteiger partial charge in [-0.05, 0) is 31.0 Å². The van der Waals surface area contributed by atoms with Crippen LogP contribution in [0.4, 0.5) is 0 Å². The molecule has 2 rings (SSSR count). The van der Waals surface area contributed by atoms with E-state index in [9.17, 15) is 5.11 Å². The van der Waals surface area contributed by atoms with E-state index in [4.69, 9.17) is 9.15 Å². The third-order valence-electron chi connectivity index (χ3n) is 2.94. The van der Waals surface area contributed by atoms with Crippen molar-refractivity contribution in [2.45, 2.75) is 32.0 Å². The van der Waals surface area contributed by atoms with E-state index in [-0.39, 0.29) is 0 Å². The molecule has 1 aliphatic carbocycles. The van der Waals surface area contributed by atoms with Gasteiger partial charge < -0.3 is 19.6 Å². The first kappa shape index (κ1) is 12.6. The van der Waals surface area contributed by atoms with Crippen LogP contribution < -0.4 is 5.32 Å². The van der Waals surface area contributed by atoms with Gasteiger partial charge in [0.2, 0.25) is 0 Å². The van der Waals surface area contributed by atoms with Crippen molar-refractivity contribution < 1.29 is 14.3 Å². The third-order valence-corrected chi connectivity index (χ3v) is 2.94. The molecule has 1 unspecified atom stereocenters. The first-order valence-electron chi connectivity index (χ1n) is 6.33. The number of aliphatic hydroxyl groups excluding tert-OH is 1. The van der Waals surface area contributed by atoms with Gasteiger partial charge in [-0.15, -0.1) is 0 Å². The van der Waals surface area contributed by atoms with Crippen LogP contribution in [0, 0.1) is 5.92 Å². The summed E-state index contributed by atoms with van der Waals surface area (Å²) in [5.41, 5.74) is 0. The molecule has 1 heterocycles. The summed E-state index contributed by atoms with van der Waals surface area (Å²) < 4.78 is 10.5. The Kier molecular flexibility index (Phi) is 5.04. The number of aliphatic hydroxyl groups is 1. The second kappa shape index (κ2) is 6.79. The molecule has 17 heavy (non-hydrogen) atoms. The van der Waals surface area contributed by atoms with Crippen LogP contribution in [-0.2, 0) is 11.3 Å². The Labute approximate surface area is 102 Å². The molecule has 1 aliphatic rings. The average molecular weight is 239 g/mol. The lowest BCUT2D eigenvalue weighted by atomic mass is 10.3. The van der Waals surface area contributed by atoms with Crippen molar-refractivity contribution in [2.75, 3.05) is 19.7 Å². The molecule has 0 amide bonds. The van der Waals surface area contributed by atoms with E-state index in [1.807, 2.05) is 12.1 Å². The molecule has 0 radical (unpaired) electrons. The zero-order valence-corrected chi connectivity index (χ0v) is 10.1. The molecule has 0 aliphatic heterocycles. The highest BCUT2D eigenvalue weighted by molar-refractivity contribution is 4.96. The zero-order valence-electron chi connectivity index (χ0n) is 10.1. The summed E-state index contributed by atoms with van der Waals surface area (Å²) in [5.74, 6) is 1.73. The summed E-state index contributed by atoms with van der Waals surface area (Å²) in [5, 5.41) is 12.9. The quantitative estimate of drug-likeness (QED) is 0.642. The van der Waals surface area contributed by atoms with E-state index in [2.05, 4.69) is 5.32 Å². The fourth-order valence-corrected chi connectivity index (χ4v) is 1.73. The third kappa shape index (κ3) is 5.35. The van der Waals surface area contributed by atoms with E-state index in [1.54, 1.807) is 6.26 Å². The highest BCUT2D eigenvalue weighted by atomic mass is 16.5. The summed E-state index contributed by atoms with van der Waals surface area (Å²) >= 11 is 0. The molecule has 1 fully saturated rings. The van der Waals surface area contributed by atoms with Crippen molar-refractivity contribution >= 4 is 0 Å². The van der Waals surface area contributed by atoms with E-state index in [0.717, 1.165) is 18.2 Å². The van der Waals surface area contributed by atoms with Gasteiger partial charge in [0, 0.05) is 6.54 Å². The smallest absolute Gasteiger partial charge is 0.129 e. The van der Waals surface area contributed by atoms with E-state index >= 15 is 0 Å². The van der Waals surface area contributed by atoms with Crippen molar-refractivity contribution in [3.63, 3.8) is 0 Å². The maximum atomic E-state index is 9.64. The van der Waals surface area contributed by atoms with E-state index in [0.29, 0.717) is 19.8 Å². The molecule has 1 aromatic rings. The standard InChI is InChI=1S/C13H21NO3/c15-12(8-14-6-5-11-3-4-11)9-16-10-13-2-1-7-17-13/h1-2,7,11-12,14-15H,3-6,8-10H2. The lowest BCUT2D eigenvalue weighted by Gasteiger charge is -2.11.